The van der Waals surface area contributed by atoms with E-state index in [1.54, 1.807) is 11.3 Å². The highest BCUT2D eigenvalue weighted by Gasteiger charge is 1.99. The van der Waals surface area contributed by atoms with E-state index in [1.807, 2.05) is 11.7 Å². The molecule has 0 aliphatic heterocycles. The van der Waals surface area contributed by atoms with Crippen LogP contribution in [0.3, 0.4) is 0 Å². The smallest absolute Gasteiger partial charge is 0.0794 e. The number of thiazole rings is 1. The van der Waals surface area contributed by atoms with Crippen LogP contribution in [-0.2, 0) is 13.1 Å². The van der Waals surface area contributed by atoms with Crippen LogP contribution in [0.25, 0.3) is 0 Å². The van der Waals surface area contributed by atoms with E-state index >= 15 is 0 Å². The highest BCUT2D eigenvalue weighted by Crippen LogP contribution is 2.11. The summed E-state index contributed by atoms with van der Waals surface area (Å²) in [5.74, 6) is 0. The van der Waals surface area contributed by atoms with Gasteiger partial charge in [0.15, 0.2) is 0 Å². The van der Waals surface area contributed by atoms with Crippen LogP contribution in [0.4, 0.5) is 0 Å². The van der Waals surface area contributed by atoms with Crippen molar-refractivity contribution in [2.24, 2.45) is 0 Å². The minimum absolute atomic E-state index is 0.901. The normalized spacial score (nSPS) is 10.6. The van der Waals surface area contributed by atoms with Crippen LogP contribution in [0, 0.1) is 13.8 Å². The molecule has 0 fully saturated rings. The Hall–Kier alpha value is -1.19. The van der Waals surface area contributed by atoms with Crippen LogP contribution < -0.4 is 5.32 Å². The van der Waals surface area contributed by atoms with E-state index in [0.29, 0.717) is 0 Å². The molecule has 0 aliphatic rings. The van der Waals surface area contributed by atoms with Crippen LogP contribution in [0.5, 0.6) is 0 Å². The van der Waals surface area contributed by atoms with E-state index < -0.39 is 0 Å². The van der Waals surface area contributed by atoms with Crippen molar-refractivity contribution in [3.8, 4) is 0 Å². The van der Waals surface area contributed by atoms with Crippen LogP contribution in [0.2, 0.25) is 0 Å². The number of hydrogen-bond acceptors (Lipinski definition) is 3. The molecule has 0 bridgehead atoms. The summed E-state index contributed by atoms with van der Waals surface area (Å²) in [7, 11) is 0. The molecule has 2 aromatic rings. The average Bonchev–Trinajstić information content (AvgIpc) is 2.76. The molecule has 0 aliphatic carbocycles. The predicted octanol–water partition coefficient (Wildman–Crippen LogP) is 3.05. The largest absolute Gasteiger partial charge is 0.308 e. The number of aryl methyl sites for hydroxylation is 2. The zero-order valence-corrected chi connectivity index (χ0v) is 10.5. The SMILES string of the molecule is Cc1ccc(C)c(CNCc2cncs2)c1. The Balaban J connectivity index is 1.92. The second-order valence-corrected chi connectivity index (χ2v) is 4.97. The molecule has 2 rings (SSSR count). The van der Waals surface area contributed by atoms with Crippen molar-refractivity contribution in [1.82, 2.24) is 10.3 Å². The van der Waals surface area contributed by atoms with Gasteiger partial charge in [-0.05, 0) is 25.0 Å². The van der Waals surface area contributed by atoms with Gasteiger partial charge in [0.25, 0.3) is 0 Å². The average molecular weight is 232 g/mol. The first-order chi connectivity index (χ1) is 7.75. The van der Waals surface area contributed by atoms with Gasteiger partial charge >= 0.3 is 0 Å². The minimum Gasteiger partial charge on any atom is -0.308 e. The Morgan fingerprint density at radius 1 is 1.25 bits per heavy atom. The van der Waals surface area contributed by atoms with Gasteiger partial charge in [-0.3, -0.25) is 4.98 Å². The molecule has 0 amide bonds. The monoisotopic (exact) mass is 232 g/mol. The zero-order chi connectivity index (χ0) is 11.4. The summed E-state index contributed by atoms with van der Waals surface area (Å²) in [5, 5.41) is 3.44. The molecule has 1 N–H and O–H groups in total. The zero-order valence-electron chi connectivity index (χ0n) is 9.66. The molecule has 0 spiro atoms. The fourth-order valence-corrected chi connectivity index (χ4v) is 2.20. The molecule has 1 heterocycles. The molecule has 1 aromatic heterocycles. The summed E-state index contributed by atoms with van der Waals surface area (Å²) in [5.41, 5.74) is 5.92. The Kier molecular flexibility index (Phi) is 3.70. The van der Waals surface area contributed by atoms with Gasteiger partial charge < -0.3 is 5.32 Å². The molecule has 0 unspecified atom stereocenters. The van der Waals surface area contributed by atoms with E-state index in [9.17, 15) is 0 Å². The van der Waals surface area contributed by atoms with Gasteiger partial charge in [0.2, 0.25) is 0 Å². The number of rotatable bonds is 4. The molecule has 2 nitrogen and oxygen atoms in total. The fraction of sp³-hybridized carbons (Fsp3) is 0.308. The summed E-state index contributed by atoms with van der Waals surface area (Å²) in [6.45, 7) is 6.11. The van der Waals surface area contributed by atoms with Crippen molar-refractivity contribution < 1.29 is 0 Å². The second-order valence-electron chi connectivity index (χ2n) is 4.00. The number of nitrogens with zero attached hydrogens (tertiary/aromatic N) is 1. The molecule has 1 aromatic carbocycles. The van der Waals surface area contributed by atoms with Crippen LogP contribution >= 0.6 is 11.3 Å². The summed E-state index contributed by atoms with van der Waals surface area (Å²) in [4.78, 5) is 5.34. The van der Waals surface area contributed by atoms with Gasteiger partial charge in [0.05, 0.1) is 5.51 Å². The van der Waals surface area contributed by atoms with E-state index in [1.165, 1.54) is 21.6 Å². The van der Waals surface area contributed by atoms with Crippen molar-refractivity contribution in [3.05, 3.63) is 51.5 Å². The predicted molar refractivity (Wildman–Crippen MR) is 68.6 cm³/mol. The van der Waals surface area contributed by atoms with Gasteiger partial charge in [0.1, 0.15) is 0 Å². The van der Waals surface area contributed by atoms with Gasteiger partial charge in [-0.1, -0.05) is 23.8 Å². The van der Waals surface area contributed by atoms with Crippen molar-refractivity contribution in [2.75, 3.05) is 0 Å². The quantitative estimate of drug-likeness (QED) is 0.876. The lowest BCUT2D eigenvalue weighted by Crippen LogP contribution is -2.12. The molecule has 16 heavy (non-hydrogen) atoms. The lowest BCUT2D eigenvalue weighted by atomic mass is 10.1. The van der Waals surface area contributed by atoms with Gasteiger partial charge in [-0.2, -0.15) is 0 Å². The summed E-state index contributed by atoms with van der Waals surface area (Å²) >= 11 is 1.69. The van der Waals surface area contributed by atoms with E-state index in [2.05, 4.69) is 42.3 Å². The maximum Gasteiger partial charge on any atom is 0.0794 e. The summed E-state index contributed by atoms with van der Waals surface area (Å²) < 4.78 is 0. The van der Waals surface area contributed by atoms with E-state index in [0.717, 1.165) is 13.1 Å². The standard InChI is InChI=1S/C13H16N2S/c1-10-3-4-11(2)12(5-10)6-14-7-13-8-15-9-16-13/h3-5,8-9,14H,6-7H2,1-2H3. The van der Waals surface area contributed by atoms with Crippen LogP contribution in [-0.4, -0.2) is 4.98 Å². The maximum atomic E-state index is 4.06. The molecular formula is C13H16N2S. The first kappa shape index (κ1) is 11.3. The molecular weight excluding hydrogens is 216 g/mol. The Morgan fingerprint density at radius 3 is 2.88 bits per heavy atom. The first-order valence-corrected chi connectivity index (χ1v) is 6.28. The molecule has 0 atom stereocenters. The van der Waals surface area contributed by atoms with Crippen LogP contribution in [0.15, 0.2) is 29.9 Å². The summed E-state index contributed by atoms with van der Waals surface area (Å²) in [6, 6.07) is 6.58. The number of hydrogen-bond donors (Lipinski definition) is 1. The van der Waals surface area contributed by atoms with Crippen molar-refractivity contribution in [2.45, 2.75) is 26.9 Å². The third-order valence-corrected chi connectivity index (χ3v) is 3.38. The van der Waals surface area contributed by atoms with E-state index in [-0.39, 0.29) is 0 Å². The van der Waals surface area contributed by atoms with Gasteiger partial charge in [-0.15, -0.1) is 11.3 Å². The molecule has 84 valence electrons. The Bertz CT molecular complexity index is 449. The fourth-order valence-electron chi connectivity index (χ4n) is 1.64. The number of aromatic nitrogens is 1. The highest BCUT2D eigenvalue weighted by molar-refractivity contribution is 7.09. The second kappa shape index (κ2) is 5.23. The Morgan fingerprint density at radius 2 is 2.12 bits per heavy atom. The molecule has 0 saturated carbocycles. The molecule has 0 saturated heterocycles. The first-order valence-electron chi connectivity index (χ1n) is 5.40. The van der Waals surface area contributed by atoms with Crippen molar-refractivity contribution >= 4 is 11.3 Å². The van der Waals surface area contributed by atoms with Crippen molar-refractivity contribution in [1.29, 1.82) is 0 Å². The number of benzene rings is 1. The lowest BCUT2D eigenvalue weighted by molar-refractivity contribution is 0.696. The topological polar surface area (TPSA) is 24.9 Å². The van der Waals surface area contributed by atoms with Gasteiger partial charge in [-0.25, -0.2) is 0 Å². The summed E-state index contributed by atoms with van der Waals surface area (Å²) in [6.07, 6.45) is 1.92. The van der Waals surface area contributed by atoms with Crippen LogP contribution in [0.1, 0.15) is 21.6 Å². The molecule has 3 heteroatoms. The lowest BCUT2D eigenvalue weighted by Gasteiger charge is -2.07. The van der Waals surface area contributed by atoms with E-state index in [4.69, 9.17) is 0 Å². The maximum absolute atomic E-state index is 4.06. The highest BCUT2D eigenvalue weighted by atomic mass is 32.1. The third-order valence-electron chi connectivity index (χ3n) is 2.60. The molecule has 0 radical (unpaired) electrons. The minimum atomic E-state index is 0.901. The van der Waals surface area contributed by atoms with Crippen molar-refractivity contribution in [3.63, 3.8) is 0 Å². The van der Waals surface area contributed by atoms with Gasteiger partial charge in [0, 0.05) is 24.2 Å². The number of nitrogens with one attached hydrogen (secondary N) is 1. The third kappa shape index (κ3) is 2.90. The Labute approximate surface area is 100 Å².